The first kappa shape index (κ1) is 23.0. The summed E-state index contributed by atoms with van der Waals surface area (Å²) in [4.78, 5) is 12.8. The van der Waals surface area contributed by atoms with Crippen LogP contribution in [0.2, 0.25) is 5.02 Å². The zero-order chi connectivity index (χ0) is 20.2. The second-order valence-corrected chi connectivity index (χ2v) is 8.60. The number of ketones is 1. The lowest BCUT2D eigenvalue weighted by molar-refractivity contribution is -0.710. The number of carbonyl (C=O) groups is 1. The fraction of sp³-hybridized carbons (Fsp3) is 0.318. The number of nitrogens with zero attached hydrogens (tertiary/aromatic N) is 3. The maximum atomic E-state index is 12.8. The van der Waals surface area contributed by atoms with Gasteiger partial charge in [-0.15, -0.1) is 4.68 Å². The second-order valence-electron chi connectivity index (χ2n) is 7.24. The van der Waals surface area contributed by atoms with Crippen LogP contribution in [-0.4, -0.2) is 15.6 Å². The van der Waals surface area contributed by atoms with Gasteiger partial charge in [-0.1, -0.05) is 27.5 Å². The summed E-state index contributed by atoms with van der Waals surface area (Å²) in [6.45, 7) is 1.81. The van der Waals surface area contributed by atoms with Crippen molar-refractivity contribution in [2.75, 3.05) is 5.32 Å². The summed E-state index contributed by atoms with van der Waals surface area (Å²) in [6.07, 6.45) is 4.41. The first-order valence-corrected chi connectivity index (χ1v) is 11.0. The fourth-order valence-corrected chi connectivity index (χ4v) is 4.05. The topological polar surface area (TPSA) is 50.8 Å². The van der Waals surface area contributed by atoms with E-state index < -0.39 is 0 Å². The van der Waals surface area contributed by atoms with Gasteiger partial charge in [0.15, 0.2) is 12.3 Å². The standard InChI is InChI=1S/C22H23BrClN4O.BrH/c23-17-7-11-19(12-8-17)25-14-21-26-28(22-4-2-1-3-13-27(21)22)15-20(29)16-5-9-18(24)10-6-16;/h5-12,25H,1-4,13-15H2;1H/q+1;/p-1. The van der Waals surface area contributed by atoms with E-state index in [2.05, 4.69) is 25.8 Å². The third-order valence-electron chi connectivity index (χ3n) is 5.19. The predicted molar refractivity (Wildman–Crippen MR) is 117 cm³/mol. The Morgan fingerprint density at radius 3 is 2.57 bits per heavy atom. The minimum Gasteiger partial charge on any atom is -1.00 e. The minimum absolute atomic E-state index is 0. The first-order chi connectivity index (χ1) is 14.1. The van der Waals surface area contributed by atoms with E-state index in [1.54, 1.807) is 24.3 Å². The number of halogens is 3. The molecule has 0 radical (unpaired) electrons. The summed E-state index contributed by atoms with van der Waals surface area (Å²) in [7, 11) is 0. The Morgan fingerprint density at radius 2 is 1.83 bits per heavy atom. The normalized spacial score (nSPS) is 13.1. The van der Waals surface area contributed by atoms with Crippen LogP contribution in [0.15, 0.2) is 53.0 Å². The highest BCUT2D eigenvalue weighted by molar-refractivity contribution is 9.10. The number of Topliss-reactive ketones (excluding diaryl/α,β-unsaturated/α-hetero) is 1. The molecule has 2 aromatic carbocycles. The molecule has 0 unspecified atom stereocenters. The zero-order valence-corrected chi connectivity index (χ0v) is 20.4. The Morgan fingerprint density at radius 1 is 1.10 bits per heavy atom. The molecule has 4 rings (SSSR count). The molecule has 1 aliphatic rings. The van der Waals surface area contributed by atoms with Crippen molar-refractivity contribution in [2.45, 2.75) is 45.3 Å². The molecule has 0 aliphatic carbocycles. The molecule has 0 saturated heterocycles. The number of carbonyl (C=O) groups excluding carboxylic acids is 1. The third-order valence-corrected chi connectivity index (χ3v) is 5.97. The van der Waals surface area contributed by atoms with Crippen molar-refractivity contribution in [3.63, 3.8) is 0 Å². The molecule has 0 saturated carbocycles. The highest BCUT2D eigenvalue weighted by atomic mass is 79.9. The Labute approximate surface area is 200 Å². The van der Waals surface area contributed by atoms with Crippen molar-refractivity contribution in [3.05, 3.63) is 75.2 Å². The molecule has 0 bridgehead atoms. The van der Waals surface area contributed by atoms with E-state index in [0.29, 0.717) is 17.1 Å². The number of fused-ring (bicyclic) bond motifs is 1. The van der Waals surface area contributed by atoms with Crippen molar-refractivity contribution in [1.82, 2.24) is 9.78 Å². The van der Waals surface area contributed by atoms with Gasteiger partial charge in [0, 0.05) is 32.3 Å². The molecule has 0 spiro atoms. The van der Waals surface area contributed by atoms with Crippen molar-refractivity contribution in [3.8, 4) is 0 Å². The monoisotopic (exact) mass is 552 g/mol. The molecule has 1 N–H and O–H groups in total. The Balaban J connectivity index is 0.00000256. The van der Waals surface area contributed by atoms with Crippen LogP contribution >= 0.6 is 27.5 Å². The van der Waals surface area contributed by atoms with Gasteiger partial charge < -0.3 is 22.3 Å². The van der Waals surface area contributed by atoms with E-state index in [1.807, 2.05) is 28.9 Å². The van der Waals surface area contributed by atoms with Crippen LogP contribution in [0, 0.1) is 0 Å². The van der Waals surface area contributed by atoms with Crippen LogP contribution in [-0.2, 0) is 26.1 Å². The highest BCUT2D eigenvalue weighted by Gasteiger charge is 2.28. The van der Waals surface area contributed by atoms with Crippen molar-refractivity contribution < 1.29 is 26.3 Å². The van der Waals surface area contributed by atoms with E-state index in [1.165, 1.54) is 6.42 Å². The summed E-state index contributed by atoms with van der Waals surface area (Å²) < 4.78 is 5.23. The third kappa shape index (κ3) is 5.50. The number of anilines is 1. The average molecular weight is 555 g/mol. The van der Waals surface area contributed by atoms with E-state index in [-0.39, 0.29) is 29.3 Å². The molecule has 5 nitrogen and oxygen atoms in total. The van der Waals surface area contributed by atoms with E-state index in [4.69, 9.17) is 16.7 Å². The highest BCUT2D eigenvalue weighted by Crippen LogP contribution is 2.16. The van der Waals surface area contributed by atoms with Gasteiger partial charge in [0.1, 0.15) is 6.54 Å². The van der Waals surface area contributed by atoms with Crippen molar-refractivity contribution >= 4 is 39.0 Å². The molecule has 3 aromatic rings. The predicted octanol–water partition coefficient (Wildman–Crippen LogP) is 1.81. The Hall–Kier alpha value is -1.70. The lowest BCUT2D eigenvalue weighted by atomic mass is 10.1. The molecule has 30 heavy (non-hydrogen) atoms. The maximum Gasteiger partial charge on any atom is 0.296 e. The van der Waals surface area contributed by atoms with Gasteiger partial charge in [-0.05, 0) is 67.8 Å². The maximum absolute atomic E-state index is 12.8. The zero-order valence-electron chi connectivity index (χ0n) is 16.5. The Kier molecular flexibility index (Phi) is 8.08. The summed E-state index contributed by atoms with van der Waals surface area (Å²) in [5, 5.41) is 8.89. The van der Waals surface area contributed by atoms with E-state index >= 15 is 0 Å². The van der Waals surface area contributed by atoms with Gasteiger partial charge in [-0.25, -0.2) is 4.57 Å². The summed E-state index contributed by atoms with van der Waals surface area (Å²) in [5.74, 6) is 2.15. The van der Waals surface area contributed by atoms with Crippen LogP contribution in [0.25, 0.3) is 0 Å². The van der Waals surface area contributed by atoms with Crippen LogP contribution in [0.5, 0.6) is 0 Å². The van der Waals surface area contributed by atoms with Crippen LogP contribution in [0.4, 0.5) is 5.69 Å². The molecule has 1 aliphatic heterocycles. The summed E-state index contributed by atoms with van der Waals surface area (Å²) in [5.41, 5.74) is 1.70. The lowest BCUT2D eigenvalue weighted by Gasteiger charge is -2.04. The SMILES string of the molecule is O=C(Cn1nc(CNc2ccc(Br)cc2)[n+]2c1CCCCC2)c1ccc(Cl)cc1.[Br-]. The number of hydrogen-bond donors (Lipinski definition) is 1. The Bertz CT molecular complexity index is 1000. The summed E-state index contributed by atoms with van der Waals surface area (Å²) in [6, 6.07) is 15.1. The second kappa shape index (κ2) is 10.6. The average Bonchev–Trinajstić information content (AvgIpc) is 2.89. The molecule has 158 valence electrons. The minimum atomic E-state index is 0. The van der Waals surface area contributed by atoms with E-state index in [9.17, 15) is 4.79 Å². The molecule has 1 aromatic heterocycles. The number of hydrogen-bond acceptors (Lipinski definition) is 3. The van der Waals surface area contributed by atoms with Crippen LogP contribution in [0.3, 0.4) is 0 Å². The molecule has 2 heterocycles. The van der Waals surface area contributed by atoms with Crippen LogP contribution in [0.1, 0.15) is 41.3 Å². The number of aromatic nitrogens is 3. The van der Waals surface area contributed by atoms with Crippen molar-refractivity contribution in [2.24, 2.45) is 0 Å². The molecule has 8 heteroatoms. The summed E-state index contributed by atoms with van der Waals surface area (Å²) >= 11 is 9.41. The number of rotatable bonds is 6. The fourth-order valence-electron chi connectivity index (χ4n) is 3.66. The molecular weight excluding hydrogens is 532 g/mol. The quantitative estimate of drug-likeness (QED) is 0.374. The van der Waals surface area contributed by atoms with Crippen molar-refractivity contribution in [1.29, 1.82) is 0 Å². The molecular formula is C22H23Br2ClN4O. The largest absolute Gasteiger partial charge is 1.00 e. The number of nitrogens with one attached hydrogen (secondary N) is 1. The number of benzene rings is 2. The smallest absolute Gasteiger partial charge is 0.296 e. The first-order valence-electron chi connectivity index (χ1n) is 9.87. The molecule has 0 fully saturated rings. The van der Waals surface area contributed by atoms with Gasteiger partial charge in [-0.3, -0.25) is 4.79 Å². The van der Waals surface area contributed by atoms with Gasteiger partial charge in [0.2, 0.25) is 5.82 Å². The van der Waals surface area contributed by atoms with Gasteiger partial charge in [0.25, 0.3) is 5.82 Å². The van der Waals surface area contributed by atoms with Gasteiger partial charge in [0.05, 0.1) is 6.54 Å². The van der Waals surface area contributed by atoms with Gasteiger partial charge >= 0.3 is 0 Å². The lowest BCUT2D eigenvalue weighted by Crippen LogP contribution is -3.00. The van der Waals surface area contributed by atoms with Crippen LogP contribution < -0.4 is 26.9 Å². The van der Waals surface area contributed by atoms with E-state index in [0.717, 1.165) is 47.6 Å². The molecule has 0 amide bonds. The van der Waals surface area contributed by atoms with Gasteiger partial charge in [-0.2, -0.15) is 0 Å². The molecule has 0 atom stereocenters.